The van der Waals surface area contributed by atoms with Crippen molar-refractivity contribution in [2.75, 3.05) is 7.05 Å². The van der Waals surface area contributed by atoms with Crippen LogP contribution in [-0.2, 0) is 0 Å². The van der Waals surface area contributed by atoms with Crippen LogP contribution in [0.15, 0.2) is 28.9 Å². The van der Waals surface area contributed by atoms with Crippen LogP contribution in [0.4, 0.5) is 4.39 Å². The Morgan fingerprint density at radius 3 is 2.64 bits per heavy atom. The third-order valence-corrected chi connectivity index (χ3v) is 5.28. The highest BCUT2D eigenvalue weighted by atomic mass is 79.9. The summed E-state index contributed by atoms with van der Waals surface area (Å²) in [6.45, 7) is 3.79. The number of aromatic hydroxyl groups is 1. The molecule has 1 aliphatic rings. The number of nitrogens with two attached hydrogens (primary N) is 1. The van der Waals surface area contributed by atoms with Gasteiger partial charge in [0, 0.05) is 19.0 Å². The number of phenolic OH excluding ortho intramolecular Hbond substituents is 1. The van der Waals surface area contributed by atoms with Crippen LogP contribution in [0.2, 0.25) is 0 Å². The van der Waals surface area contributed by atoms with E-state index in [0.717, 1.165) is 10.7 Å². The summed E-state index contributed by atoms with van der Waals surface area (Å²) in [5.74, 6) is -0.762. The summed E-state index contributed by atoms with van der Waals surface area (Å²) in [6.07, 6.45) is 2.05. The normalized spacial score (nSPS) is 20.0. The number of rotatable bonds is 3. The Kier molecular flexibility index (Phi) is 4.32. The van der Waals surface area contributed by atoms with Crippen molar-refractivity contribution in [3.05, 3.63) is 51.6 Å². The first kappa shape index (κ1) is 17.5. The molecule has 25 heavy (non-hydrogen) atoms. The van der Waals surface area contributed by atoms with Crippen molar-refractivity contribution < 1.29 is 9.50 Å². The highest BCUT2D eigenvalue weighted by Gasteiger charge is 2.36. The van der Waals surface area contributed by atoms with Gasteiger partial charge in [0.05, 0.1) is 27.6 Å². The zero-order valence-corrected chi connectivity index (χ0v) is 15.7. The molecule has 0 saturated carbocycles. The van der Waals surface area contributed by atoms with Gasteiger partial charge in [0.25, 0.3) is 0 Å². The lowest BCUT2D eigenvalue weighted by Gasteiger charge is -2.28. The predicted molar refractivity (Wildman–Crippen MR) is 97.6 cm³/mol. The van der Waals surface area contributed by atoms with E-state index in [2.05, 4.69) is 27.1 Å². The van der Waals surface area contributed by atoms with E-state index in [1.165, 1.54) is 16.8 Å². The molecule has 1 aliphatic heterocycles. The molecule has 0 saturated heterocycles. The molecule has 6 nitrogen and oxygen atoms in total. The summed E-state index contributed by atoms with van der Waals surface area (Å²) in [5.41, 5.74) is 7.72. The number of aryl methyl sites for hydroxylation is 1. The second-order valence-electron chi connectivity index (χ2n) is 6.21. The lowest BCUT2D eigenvalue weighted by molar-refractivity contribution is 0.300. The van der Waals surface area contributed by atoms with Crippen LogP contribution in [0.1, 0.15) is 29.9 Å². The maximum atomic E-state index is 14.5. The van der Waals surface area contributed by atoms with E-state index in [-0.39, 0.29) is 29.2 Å². The Balaban J connectivity index is 2.28. The van der Waals surface area contributed by atoms with E-state index in [0.29, 0.717) is 17.0 Å². The largest absolute Gasteiger partial charge is 0.508 e. The monoisotopic (exact) mass is 407 g/mol. The summed E-state index contributed by atoms with van der Waals surface area (Å²) in [4.78, 5) is 2.00. The third kappa shape index (κ3) is 2.80. The standard InChI is InChI=1S/C17H19BrFN5O/c1-8-6-13(18)23(3)15(8)16-14(17(20)21)9(2)22-24(16)12-5-4-10(25)7-11(12)19/h4-8,15,25H,1-3H3,(H3,20,21). The maximum absolute atomic E-state index is 14.5. The molecule has 2 heterocycles. The molecule has 1 aromatic heterocycles. The van der Waals surface area contributed by atoms with E-state index in [4.69, 9.17) is 11.1 Å². The van der Waals surface area contributed by atoms with Crippen LogP contribution in [0.25, 0.3) is 5.69 Å². The lowest BCUT2D eigenvalue weighted by atomic mass is 9.96. The second kappa shape index (κ2) is 6.18. The minimum atomic E-state index is -0.598. The first-order valence-electron chi connectivity index (χ1n) is 7.75. The summed E-state index contributed by atoms with van der Waals surface area (Å²) in [6, 6.07) is 3.75. The van der Waals surface area contributed by atoms with Gasteiger partial charge in [0.1, 0.15) is 17.3 Å². The molecule has 0 spiro atoms. The number of aromatic nitrogens is 2. The second-order valence-corrected chi connectivity index (χ2v) is 7.02. The van der Waals surface area contributed by atoms with Crippen molar-refractivity contribution in [3.8, 4) is 11.4 Å². The molecular formula is C17H19BrFN5O. The predicted octanol–water partition coefficient (Wildman–Crippen LogP) is 3.17. The molecule has 0 bridgehead atoms. The highest BCUT2D eigenvalue weighted by Crippen LogP contribution is 2.42. The fraction of sp³-hybridized carbons (Fsp3) is 0.294. The van der Waals surface area contributed by atoms with Crippen LogP contribution in [0, 0.1) is 24.1 Å². The van der Waals surface area contributed by atoms with Gasteiger partial charge in [-0.05, 0) is 41.1 Å². The number of phenols is 1. The molecule has 2 unspecified atom stereocenters. The van der Waals surface area contributed by atoms with E-state index >= 15 is 0 Å². The van der Waals surface area contributed by atoms with Crippen molar-refractivity contribution >= 4 is 21.8 Å². The number of benzene rings is 1. The molecule has 2 atom stereocenters. The SMILES string of the molecule is Cc1nn(-c2ccc(O)cc2F)c(C2C(C)C=C(Br)N2C)c1C(=N)N. The van der Waals surface area contributed by atoms with Gasteiger partial charge in [-0.15, -0.1) is 0 Å². The van der Waals surface area contributed by atoms with Gasteiger partial charge < -0.3 is 15.7 Å². The number of nitrogens with one attached hydrogen (secondary N) is 1. The third-order valence-electron chi connectivity index (χ3n) is 4.46. The Hall–Kier alpha value is -2.35. The van der Waals surface area contributed by atoms with Gasteiger partial charge in [-0.1, -0.05) is 6.92 Å². The van der Waals surface area contributed by atoms with Crippen LogP contribution >= 0.6 is 15.9 Å². The Bertz CT molecular complexity index is 891. The zero-order valence-electron chi connectivity index (χ0n) is 14.1. The maximum Gasteiger partial charge on any atom is 0.152 e. The van der Waals surface area contributed by atoms with E-state index in [1.807, 2.05) is 18.9 Å². The number of hydrogen-bond acceptors (Lipinski definition) is 4. The average molecular weight is 408 g/mol. The highest BCUT2D eigenvalue weighted by molar-refractivity contribution is 9.11. The number of halogens is 2. The van der Waals surface area contributed by atoms with E-state index in [1.54, 1.807) is 6.92 Å². The number of hydrogen-bond donors (Lipinski definition) is 3. The first-order valence-corrected chi connectivity index (χ1v) is 8.54. The summed E-state index contributed by atoms with van der Waals surface area (Å²) in [7, 11) is 1.92. The van der Waals surface area contributed by atoms with Crippen LogP contribution in [-0.4, -0.2) is 32.7 Å². The van der Waals surface area contributed by atoms with Crippen LogP contribution < -0.4 is 5.73 Å². The van der Waals surface area contributed by atoms with E-state index in [9.17, 15) is 9.50 Å². The van der Waals surface area contributed by atoms with E-state index < -0.39 is 5.82 Å². The lowest BCUT2D eigenvalue weighted by Crippen LogP contribution is -2.27. The molecule has 0 radical (unpaired) electrons. The number of nitrogens with zero attached hydrogens (tertiary/aromatic N) is 3. The molecule has 8 heteroatoms. The summed E-state index contributed by atoms with van der Waals surface area (Å²) >= 11 is 3.52. The van der Waals surface area contributed by atoms with Crippen molar-refractivity contribution in [3.63, 3.8) is 0 Å². The van der Waals surface area contributed by atoms with Crippen molar-refractivity contribution in [2.45, 2.75) is 19.9 Å². The van der Waals surface area contributed by atoms with Crippen molar-refractivity contribution in [1.29, 1.82) is 5.41 Å². The molecule has 1 aromatic carbocycles. The topological polar surface area (TPSA) is 91.2 Å². The number of amidine groups is 1. The molecule has 3 rings (SSSR count). The van der Waals surface area contributed by atoms with Crippen LogP contribution in [0.5, 0.6) is 5.75 Å². The zero-order chi connectivity index (χ0) is 18.5. The fourth-order valence-electron chi connectivity index (χ4n) is 3.35. The van der Waals surface area contributed by atoms with Gasteiger partial charge in [-0.2, -0.15) is 5.10 Å². The Morgan fingerprint density at radius 2 is 2.12 bits per heavy atom. The molecule has 0 amide bonds. The van der Waals surface area contributed by atoms with Gasteiger partial charge in [0.15, 0.2) is 5.82 Å². The smallest absolute Gasteiger partial charge is 0.152 e. The van der Waals surface area contributed by atoms with Crippen molar-refractivity contribution in [2.24, 2.45) is 11.7 Å². The average Bonchev–Trinajstić information content (AvgIpc) is 2.96. The minimum Gasteiger partial charge on any atom is -0.508 e. The van der Waals surface area contributed by atoms with Gasteiger partial charge in [0.2, 0.25) is 0 Å². The molecule has 2 aromatic rings. The van der Waals surface area contributed by atoms with Crippen molar-refractivity contribution in [1.82, 2.24) is 14.7 Å². The fourth-order valence-corrected chi connectivity index (χ4v) is 3.98. The van der Waals surface area contributed by atoms with Crippen LogP contribution in [0.3, 0.4) is 0 Å². The minimum absolute atomic E-state index is 0.104. The quantitative estimate of drug-likeness (QED) is 0.413. The Morgan fingerprint density at radius 1 is 1.44 bits per heavy atom. The van der Waals surface area contributed by atoms with Gasteiger partial charge in [-0.25, -0.2) is 9.07 Å². The number of nitrogen functional groups attached to an aromatic ring is 1. The molecule has 0 fully saturated rings. The van der Waals surface area contributed by atoms with Gasteiger partial charge >= 0.3 is 0 Å². The summed E-state index contributed by atoms with van der Waals surface area (Å²) < 4.78 is 16.9. The Labute approximate surface area is 153 Å². The first-order chi connectivity index (χ1) is 11.7. The molecular weight excluding hydrogens is 389 g/mol. The summed E-state index contributed by atoms with van der Waals surface area (Å²) in [5, 5.41) is 21.9. The molecule has 0 aliphatic carbocycles. The van der Waals surface area contributed by atoms with Gasteiger partial charge in [-0.3, -0.25) is 5.41 Å². The molecule has 132 valence electrons. The molecule has 4 N–H and O–H groups in total.